The molecule has 1 aliphatic rings. The first-order chi connectivity index (χ1) is 12.9. The van der Waals surface area contributed by atoms with Gasteiger partial charge >= 0.3 is 0 Å². The summed E-state index contributed by atoms with van der Waals surface area (Å²) in [6.45, 7) is 2.31. The molecule has 0 bridgehead atoms. The third-order valence-corrected chi connectivity index (χ3v) is 6.47. The highest BCUT2D eigenvalue weighted by molar-refractivity contribution is 7.89. The second kappa shape index (κ2) is 8.24. The fourth-order valence-electron chi connectivity index (χ4n) is 2.90. The van der Waals surface area contributed by atoms with Crippen LogP contribution in [0.1, 0.15) is 24.4 Å². The number of amides is 1. The van der Waals surface area contributed by atoms with Crippen LogP contribution in [0, 0.1) is 12.8 Å². The number of halogens is 1. The second-order valence-corrected chi connectivity index (χ2v) is 8.71. The highest BCUT2D eigenvalue weighted by Crippen LogP contribution is 2.24. The Bertz CT molecular complexity index is 938. The molecule has 2 aromatic rings. The zero-order chi connectivity index (χ0) is 19.4. The summed E-state index contributed by atoms with van der Waals surface area (Å²) >= 11 is 5.82. The number of carbonyl (C=O) groups is 1. The molecule has 3 rings (SSSR count). The molecule has 1 aliphatic heterocycles. The van der Waals surface area contributed by atoms with Crippen LogP contribution in [0.5, 0.6) is 0 Å². The standard InChI is InChI=1S/C18H20ClN3O4S/c1-13-4-7-16(26-13)11-20-21-18(23)14-3-2-10-22(12-14)27(24,25)17-8-5-15(19)6-9-17/h4-9,11,14H,2-3,10,12H2,1H3,(H,21,23)/b20-11-/t14-/m0/s1. The van der Waals surface area contributed by atoms with Crippen molar-refractivity contribution in [2.24, 2.45) is 11.0 Å². The number of carbonyl (C=O) groups excluding carboxylic acids is 1. The first-order valence-electron chi connectivity index (χ1n) is 8.51. The molecule has 1 aromatic carbocycles. The number of piperidine rings is 1. The Morgan fingerprint density at radius 3 is 2.70 bits per heavy atom. The van der Waals surface area contributed by atoms with E-state index in [4.69, 9.17) is 16.0 Å². The highest BCUT2D eigenvalue weighted by atomic mass is 35.5. The van der Waals surface area contributed by atoms with E-state index in [-0.39, 0.29) is 17.3 Å². The second-order valence-electron chi connectivity index (χ2n) is 6.34. The van der Waals surface area contributed by atoms with Gasteiger partial charge in [0, 0.05) is 18.1 Å². The summed E-state index contributed by atoms with van der Waals surface area (Å²) in [4.78, 5) is 12.5. The van der Waals surface area contributed by atoms with Gasteiger partial charge in [0.05, 0.1) is 17.0 Å². The van der Waals surface area contributed by atoms with Crippen molar-refractivity contribution < 1.29 is 17.6 Å². The van der Waals surface area contributed by atoms with Gasteiger partial charge in [0.25, 0.3) is 0 Å². The van der Waals surface area contributed by atoms with Crippen molar-refractivity contribution in [3.05, 3.63) is 52.9 Å². The molecule has 1 fully saturated rings. The summed E-state index contributed by atoms with van der Waals surface area (Å²) in [5, 5.41) is 4.35. The van der Waals surface area contributed by atoms with Crippen molar-refractivity contribution in [3.63, 3.8) is 0 Å². The fourth-order valence-corrected chi connectivity index (χ4v) is 4.55. The number of hydrogen-bond donors (Lipinski definition) is 1. The average Bonchev–Trinajstić information content (AvgIpc) is 3.07. The van der Waals surface area contributed by atoms with E-state index >= 15 is 0 Å². The van der Waals surface area contributed by atoms with Crippen LogP contribution >= 0.6 is 11.6 Å². The molecule has 1 N–H and O–H groups in total. The van der Waals surface area contributed by atoms with E-state index in [2.05, 4.69) is 10.5 Å². The Kier molecular flexibility index (Phi) is 5.98. The Morgan fingerprint density at radius 1 is 1.30 bits per heavy atom. The van der Waals surface area contributed by atoms with E-state index < -0.39 is 15.9 Å². The van der Waals surface area contributed by atoms with Crippen molar-refractivity contribution in [2.45, 2.75) is 24.7 Å². The number of furan rings is 1. The molecule has 0 unspecified atom stereocenters. The number of nitrogens with one attached hydrogen (secondary N) is 1. The number of rotatable bonds is 5. The monoisotopic (exact) mass is 409 g/mol. The average molecular weight is 410 g/mol. The lowest BCUT2D eigenvalue weighted by Crippen LogP contribution is -2.44. The van der Waals surface area contributed by atoms with Crippen LogP contribution in [-0.4, -0.2) is 37.9 Å². The van der Waals surface area contributed by atoms with Crippen molar-refractivity contribution in [1.82, 2.24) is 9.73 Å². The molecule has 0 aliphatic carbocycles. The zero-order valence-electron chi connectivity index (χ0n) is 14.8. The molecular weight excluding hydrogens is 390 g/mol. The molecule has 0 saturated carbocycles. The number of hydrazone groups is 1. The van der Waals surface area contributed by atoms with Crippen LogP contribution in [0.3, 0.4) is 0 Å². The maximum absolute atomic E-state index is 12.8. The summed E-state index contributed by atoms with van der Waals surface area (Å²) in [5.74, 6) is 0.503. The Balaban J connectivity index is 1.63. The predicted molar refractivity (Wildman–Crippen MR) is 102 cm³/mol. The van der Waals surface area contributed by atoms with Gasteiger partial charge in [-0.2, -0.15) is 9.41 Å². The third-order valence-electron chi connectivity index (χ3n) is 4.33. The van der Waals surface area contributed by atoms with Crippen molar-refractivity contribution >= 4 is 33.7 Å². The minimum atomic E-state index is -3.66. The van der Waals surface area contributed by atoms with E-state index in [1.807, 2.05) is 6.92 Å². The molecule has 2 heterocycles. The van der Waals surface area contributed by atoms with Gasteiger partial charge in [-0.1, -0.05) is 11.6 Å². The third kappa shape index (κ3) is 4.77. The van der Waals surface area contributed by atoms with Crippen molar-refractivity contribution in [3.8, 4) is 0 Å². The van der Waals surface area contributed by atoms with Gasteiger partial charge in [0.1, 0.15) is 11.5 Å². The molecule has 1 saturated heterocycles. The number of benzene rings is 1. The van der Waals surface area contributed by atoms with Gasteiger partial charge in [-0.15, -0.1) is 0 Å². The van der Waals surface area contributed by atoms with Gasteiger partial charge in [-0.05, 0) is 56.2 Å². The normalized spacial score (nSPS) is 18.7. The Morgan fingerprint density at radius 2 is 2.04 bits per heavy atom. The molecule has 1 atom stereocenters. The summed E-state index contributed by atoms with van der Waals surface area (Å²) in [6.07, 6.45) is 2.62. The maximum atomic E-state index is 12.8. The molecule has 0 radical (unpaired) electrons. The first-order valence-corrected chi connectivity index (χ1v) is 10.3. The van der Waals surface area contributed by atoms with Gasteiger partial charge in [0.2, 0.25) is 15.9 Å². The van der Waals surface area contributed by atoms with E-state index in [1.54, 1.807) is 12.1 Å². The van der Waals surface area contributed by atoms with Crippen LogP contribution < -0.4 is 5.43 Å². The minimum absolute atomic E-state index is 0.117. The minimum Gasteiger partial charge on any atom is -0.460 e. The quantitative estimate of drug-likeness (QED) is 0.607. The fraction of sp³-hybridized carbons (Fsp3) is 0.333. The van der Waals surface area contributed by atoms with Crippen LogP contribution in [0.15, 0.2) is 50.8 Å². The molecule has 9 heteroatoms. The summed E-state index contributed by atoms with van der Waals surface area (Å²) in [5.41, 5.74) is 2.46. The predicted octanol–water partition coefficient (Wildman–Crippen LogP) is 2.79. The maximum Gasteiger partial charge on any atom is 0.244 e. The van der Waals surface area contributed by atoms with Crippen LogP contribution in [0.4, 0.5) is 0 Å². The summed E-state index contributed by atoms with van der Waals surface area (Å²) < 4.78 is 32.2. The van der Waals surface area contributed by atoms with E-state index in [0.717, 1.165) is 5.76 Å². The lowest BCUT2D eigenvalue weighted by molar-refractivity contribution is -0.126. The molecular formula is C18H20ClN3O4S. The molecule has 1 aromatic heterocycles. The van der Waals surface area contributed by atoms with Crippen molar-refractivity contribution in [2.75, 3.05) is 13.1 Å². The summed E-state index contributed by atoms with van der Waals surface area (Å²) in [6, 6.07) is 9.55. The molecule has 1 amide bonds. The van der Waals surface area contributed by atoms with Crippen molar-refractivity contribution in [1.29, 1.82) is 0 Å². The van der Waals surface area contributed by atoms with E-state index in [0.29, 0.717) is 30.2 Å². The van der Waals surface area contributed by atoms with Crippen LogP contribution in [-0.2, 0) is 14.8 Å². The first kappa shape index (κ1) is 19.6. The topological polar surface area (TPSA) is 92.0 Å². The molecule has 0 spiro atoms. The Labute approximate surface area is 163 Å². The summed E-state index contributed by atoms with van der Waals surface area (Å²) in [7, 11) is -3.66. The van der Waals surface area contributed by atoms with Gasteiger partial charge in [-0.3, -0.25) is 4.79 Å². The lowest BCUT2D eigenvalue weighted by atomic mass is 9.99. The molecule has 144 valence electrons. The van der Waals surface area contributed by atoms with Crippen LogP contribution in [0.2, 0.25) is 5.02 Å². The van der Waals surface area contributed by atoms with Gasteiger partial charge in [-0.25, -0.2) is 13.8 Å². The smallest absolute Gasteiger partial charge is 0.244 e. The molecule has 27 heavy (non-hydrogen) atoms. The number of aryl methyl sites for hydroxylation is 1. The van der Waals surface area contributed by atoms with Gasteiger partial charge < -0.3 is 4.42 Å². The zero-order valence-corrected chi connectivity index (χ0v) is 16.3. The molecule has 7 nitrogen and oxygen atoms in total. The van der Waals surface area contributed by atoms with E-state index in [9.17, 15) is 13.2 Å². The number of nitrogens with zero attached hydrogens (tertiary/aromatic N) is 2. The van der Waals surface area contributed by atoms with Gasteiger partial charge in [0.15, 0.2) is 0 Å². The SMILES string of the molecule is Cc1ccc(/C=N\NC(=O)[C@H]2CCCN(S(=O)(=O)c3ccc(Cl)cc3)C2)o1. The van der Waals surface area contributed by atoms with E-state index in [1.165, 1.54) is 34.8 Å². The number of sulfonamides is 1. The lowest BCUT2D eigenvalue weighted by Gasteiger charge is -2.30. The highest BCUT2D eigenvalue weighted by Gasteiger charge is 2.33. The van der Waals surface area contributed by atoms with Crippen LogP contribution in [0.25, 0.3) is 0 Å². The Hall–Kier alpha value is -2.16. The largest absolute Gasteiger partial charge is 0.460 e. The number of hydrogen-bond acceptors (Lipinski definition) is 5.